The molecule has 0 fully saturated rings. The van der Waals surface area contributed by atoms with Crippen molar-refractivity contribution in [1.29, 1.82) is 0 Å². The van der Waals surface area contributed by atoms with Crippen LogP contribution in [0.25, 0.3) is 5.69 Å². The highest BCUT2D eigenvalue weighted by molar-refractivity contribution is 5.99. The Balaban J connectivity index is 1.91. The number of carbonyl (C=O) groups excluding carboxylic acids is 1. The predicted octanol–water partition coefficient (Wildman–Crippen LogP) is 3.26. The molecule has 24 heavy (non-hydrogen) atoms. The lowest BCUT2D eigenvalue weighted by molar-refractivity contribution is -0.142. The van der Waals surface area contributed by atoms with Crippen LogP contribution in [0.5, 0.6) is 0 Å². The van der Waals surface area contributed by atoms with Crippen molar-refractivity contribution >= 4 is 17.5 Å². The normalized spacial score (nSPS) is 11.3. The molecule has 0 saturated carbocycles. The first-order valence-electron chi connectivity index (χ1n) is 6.73. The number of rotatable bonds is 3. The maximum Gasteiger partial charge on any atom is 0.435 e. The van der Waals surface area contributed by atoms with Crippen molar-refractivity contribution in [3.8, 4) is 5.69 Å². The Hall–Kier alpha value is -3.30. The van der Waals surface area contributed by atoms with Gasteiger partial charge in [-0.25, -0.2) is 9.48 Å². The number of aromatic amines is 1. The van der Waals surface area contributed by atoms with Gasteiger partial charge in [0.25, 0.3) is 0 Å². The standard InChI is InChI=1S/C14H11F3N6O/c15-14(16,17)12-10(20-13(24)21-11-6-7-18-22-11)8-19-23(12)9-4-2-1-3-5-9/h1-8H,(H3,18,20,21,22,24). The number of nitrogens with one attached hydrogen (secondary N) is 3. The zero-order valence-electron chi connectivity index (χ0n) is 12.0. The van der Waals surface area contributed by atoms with E-state index in [0.717, 1.165) is 10.9 Å². The SMILES string of the molecule is O=C(Nc1ccn[nH]1)Nc1cnn(-c2ccccc2)c1C(F)(F)F. The number of benzene rings is 1. The smallest absolute Gasteiger partial charge is 0.304 e. The second-order valence-corrected chi connectivity index (χ2v) is 4.70. The number of hydrogen-bond donors (Lipinski definition) is 3. The molecule has 2 heterocycles. The highest BCUT2D eigenvalue weighted by Crippen LogP contribution is 2.36. The fourth-order valence-corrected chi connectivity index (χ4v) is 2.08. The molecule has 0 atom stereocenters. The van der Waals surface area contributed by atoms with Crippen LogP contribution >= 0.6 is 0 Å². The summed E-state index contributed by atoms with van der Waals surface area (Å²) in [5.41, 5.74) is -1.30. The van der Waals surface area contributed by atoms with Crippen molar-refractivity contribution in [2.45, 2.75) is 6.18 Å². The predicted molar refractivity (Wildman–Crippen MR) is 79.8 cm³/mol. The summed E-state index contributed by atoms with van der Waals surface area (Å²) in [5, 5.41) is 14.3. The molecule has 0 spiro atoms. The van der Waals surface area contributed by atoms with E-state index in [1.807, 2.05) is 0 Å². The van der Waals surface area contributed by atoms with Gasteiger partial charge in [-0.05, 0) is 12.1 Å². The molecule has 0 bridgehead atoms. The first-order chi connectivity index (χ1) is 11.4. The molecule has 0 radical (unpaired) electrons. The molecule has 0 aliphatic rings. The number of para-hydroxylation sites is 1. The fraction of sp³-hybridized carbons (Fsp3) is 0.0714. The van der Waals surface area contributed by atoms with Crippen LogP contribution in [-0.4, -0.2) is 26.0 Å². The summed E-state index contributed by atoms with van der Waals surface area (Å²) >= 11 is 0. The number of alkyl halides is 3. The molecule has 1 aromatic carbocycles. The monoisotopic (exact) mass is 336 g/mol. The van der Waals surface area contributed by atoms with Crippen molar-refractivity contribution < 1.29 is 18.0 Å². The van der Waals surface area contributed by atoms with Gasteiger partial charge in [0.15, 0.2) is 5.69 Å². The molecule has 3 rings (SSSR count). The van der Waals surface area contributed by atoms with Crippen LogP contribution in [0.15, 0.2) is 48.8 Å². The van der Waals surface area contributed by atoms with Crippen LogP contribution in [-0.2, 0) is 6.18 Å². The summed E-state index contributed by atoms with van der Waals surface area (Å²) in [7, 11) is 0. The Morgan fingerprint density at radius 2 is 1.88 bits per heavy atom. The Kier molecular flexibility index (Phi) is 3.94. The van der Waals surface area contributed by atoms with Crippen molar-refractivity contribution in [2.75, 3.05) is 10.6 Å². The first-order valence-corrected chi connectivity index (χ1v) is 6.73. The van der Waals surface area contributed by atoms with Gasteiger partial charge in [0, 0.05) is 6.07 Å². The summed E-state index contributed by atoms with van der Waals surface area (Å²) in [4.78, 5) is 11.8. The quantitative estimate of drug-likeness (QED) is 0.686. The number of anilines is 2. The average molecular weight is 336 g/mol. The molecule has 2 amide bonds. The van der Waals surface area contributed by atoms with Gasteiger partial charge >= 0.3 is 12.2 Å². The van der Waals surface area contributed by atoms with Gasteiger partial charge in [-0.15, -0.1) is 0 Å². The van der Waals surface area contributed by atoms with E-state index in [4.69, 9.17) is 0 Å². The third-order valence-corrected chi connectivity index (χ3v) is 3.04. The van der Waals surface area contributed by atoms with Crippen LogP contribution in [0.1, 0.15) is 5.69 Å². The molecule has 3 aromatic rings. The Bertz CT molecular complexity index is 826. The van der Waals surface area contributed by atoms with E-state index in [-0.39, 0.29) is 11.5 Å². The van der Waals surface area contributed by atoms with E-state index < -0.39 is 23.6 Å². The van der Waals surface area contributed by atoms with E-state index in [1.165, 1.54) is 24.4 Å². The third-order valence-electron chi connectivity index (χ3n) is 3.04. The number of H-pyrrole nitrogens is 1. The number of carbonyl (C=O) groups is 1. The van der Waals surface area contributed by atoms with Crippen LogP contribution in [0.2, 0.25) is 0 Å². The minimum absolute atomic E-state index is 0.229. The van der Waals surface area contributed by atoms with Crippen molar-refractivity contribution in [1.82, 2.24) is 20.0 Å². The summed E-state index contributed by atoms with van der Waals surface area (Å²) in [6.45, 7) is 0. The molecule has 0 aliphatic carbocycles. The zero-order chi connectivity index (χ0) is 17.2. The van der Waals surface area contributed by atoms with E-state index in [0.29, 0.717) is 0 Å². The first kappa shape index (κ1) is 15.6. The molecular weight excluding hydrogens is 325 g/mol. The van der Waals surface area contributed by atoms with Crippen LogP contribution in [0, 0.1) is 0 Å². The highest BCUT2D eigenvalue weighted by atomic mass is 19.4. The summed E-state index contributed by atoms with van der Waals surface area (Å²) in [6, 6.07) is 8.43. The van der Waals surface area contributed by atoms with Gasteiger partial charge in [-0.3, -0.25) is 10.4 Å². The number of aromatic nitrogens is 4. The number of urea groups is 1. The Morgan fingerprint density at radius 3 is 2.50 bits per heavy atom. The fourth-order valence-electron chi connectivity index (χ4n) is 2.08. The van der Waals surface area contributed by atoms with E-state index in [2.05, 4.69) is 25.9 Å². The molecule has 7 nitrogen and oxygen atoms in total. The Labute approximate surface area is 133 Å². The lowest BCUT2D eigenvalue weighted by Crippen LogP contribution is -2.22. The number of amides is 2. The van der Waals surface area contributed by atoms with Gasteiger partial charge in [-0.1, -0.05) is 18.2 Å². The summed E-state index contributed by atoms with van der Waals surface area (Å²) in [6.07, 6.45) is -2.37. The molecule has 0 unspecified atom stereocenters. The maximum atomic E-state index is 13.4. The Morgan fingerprint density at radius 1 is 1.12 bits per heavy atom. The number of halogens is 3. The summed E-state index contributed by atoms with van der Waals surface area (Å²) in [5.74, 6) is 0.247. The van der Waals surface area contributed by atoms with E-state index in [9.17, 15) is 18.0 Å². The van der Waals surface area contributed by atoms with E-state index in [1.54, 1.807) is 18.2 Å². The molecule has 0 saturated heterocycles. The van der Waals surface area contributed by atoms with Crippen LogP contribution < -0.4 is 10.6 Å². The summed E-state index contributed by atoms with van der Waals surface area (Å²) < 4.78 is 40.9. The van der Waals surface area contributed by atoms with E-state index >= 15 is 0 Å². The highest BCUT2D eigenvalue weighted by Gasteiger charge is 2.39. The minimum atomic E-state index is -4.71. The second-order valence-electron chi connectivity index (χ2n) is 4.70. The van der Waals surface area contributed by atoms with Gasteiger partial charge in [0.05, 0.1) is 23.8 Å². The molecule has 0 aliphatic heterocycles. The lowest BCUT2D eigenvalue weighted by Gasteiger charge is -2.13. The third kappa shape index (κ3) is 3.21. The van der Waals surface area contributed by atoms with Gasteiger partial charge in [0.1, 0.15) is 5.82 Å². The van der Waals surface area contributed by atoms with Crippen molar-refractivity contribution in [3.63, 3.8) is 0 Å². The van der Waals surface area contributed by atoms with Crippen LogP contribution in [0.3, 0.4) is 0 Å². The number of nitrogens with zero attached hydrogens (tertiary/aromatic N) is 3. The molecule has 10 heteroatoms. The minimum Gasteiger partial charge on any atom is -0.304 e. The average Bonchev–Trinajstić information content (AvgIpc) is 3.17. The molecular formula is C14H11F3N6O. The molecule has 124 valence electrons. The van der Waals surface area contributed by atoms with Gasteiger partial charge in [0.2, 0.25) is 0 Å². The van der Waals surface area contributed by atoms with Crippen molar-refractivity contribution in [2.24, 2.45) is 0 Å². The van der Waals surface area contributed by atoms with Gasteiger partial charge in [-0.2, -0.15) is 23.4 Å². The van der Waals surface area contributed by atoms with Crippen LogP contribution in [0.4, 0.5) is 29.5 Å². The maximum absolute atomic E-state index is 13.4. The molecule has 3 N–H and O–H groups in total. The van der Waals surface area contributed by atoms with Crippen molar-refractivity contribution in [3.05, 3.63) is 54.5 Å². The number of hydrogen-bond acceptors (Lipinski definition) is 3. The largest absolute Gasteiger partial charge is 0.435 e. The second kappa shape index (κ2) is 6.07. The lowest BCUT2D eigenvalue weighted by atomic mass is 10.3. The van der Waals surface area contributed by atoms with Gasteiger partial charge < -0.3 is 5.32 Å². The zero-order valence-corrected chi connectivity index (χ0v) is 12.0. The topological polar surface area (TPSA) is 87.6 Å². The molecule has 2 aromatic heterocycles.